The highest BCUT2D eigenvalue weighted by atomic mass is 19.4. The zero-order chi connectivity index (χ0) is 17.3. The molecule has 0 radical (unpaired) electrons. The SMILES string of the molecule is CC(C)C(=O)c1cc([C@@](C)(O)C(F)(F)F)ccc1NC(=O)O. The molecule has 0 saturated heterocycles. The van der Waals surface area contributed by atoms with Crippen LogP contribution in [0.2, 0.25) is 0 Å². The highest BCUT2D eigenvalue weighted by Crippen LogP contribution is 2.39. The van der Waals surface area contributed by atoms with Gasteiger partial charge in [0, 0.05) is 11.5 Å². The maximum atomic E-state index is 12.9. The van der Waals surface area contributed by atoms with E-state index in [1.807, 2.05) is 5.32 Å². The van der Waals surface area contributed by atoms with Gasteiger partial charge in [0.1, 0.15) is 0 Å². The van der Waals surface area contributed by atoms with Gasteiger partial charge in [0.15, 0.2) is 11.4 Å². The van der Waals surface area contributed by atoms with Crippen molar-refractivity contribution in [2.45, 2.75) is 32.5 Å². The van der Waals surface area contributed by atoms with Crippen LogP contribution in [-0.2, 0) is 5.60 Å². The molecule has 1 rings (SSSR count). The van der Waals surface area contributed by atoms with Crippen molar-refractivity contribution in [1.82, 2.24) is 0 Å². The Morgan fingerprint density at radius 2 is 1.77 bits per heavy atom. The van der Waals surface area contributed by atoms with E-state index in [1.54, 1.807) is 0 Å². The van der Waals surface area contributed by atoms with Crippen LogP contribution in [0.5, 0.6) is 0 Å². The molecule has 0 saturated carbocycles. The molecule has 1 atom stereocenters. The van der Waals surface area contributed by atoms with Gasteiger partial charge in [-0.3, -0.25) is 10.1 Å². The van der Waals surface area contributed by atoms with E-state index in [0.717, 1.165) is 18.2 Å². The number of rotatable bonds is 4. The Hall–Kier alpha value is -2.09. The minimum atomic E-state index is -4.94. The Bertz CT molecular complexity index is 594. The van der Waals surface area contributed by atoms with E-state index in [1.165, 1.54) is 13.8 Å². The summed E-state index contributed by atoms with van der Waals surface area (Å²) in [6.45, 7) is 3.62. The van der Waals surface area contributed by atoms with E-state index >= 15 is 0 Å². The van der Waals surface area contributed by atoms with E-state index < -0.39 is 35.1 Å². The fourth-order valence-electron chi connectivity index (χ4n) is 1.75. The largest absolute Gasteiger partial charge is 0.465 e. The molecule has 8 heteroatoms. The Labute approximate surface area is 124 Å². The molecule has 1 aromatic rings. The molecule has 5 nitrogen and oxygen atoms in total. The Morgan fingerprint density at radius 1 is 1.23 bits per heavy atom. The molecular weight excluding hydrogens is 303 g/mol. The molecule has 0 aliphatic carbocycles. The van der Waals surface area contributed by atoms with Crippen LogP contribution in [0.4, 0.5) is 23.7 Å². The predicted octanol–water partition coefficient (Wildman–Crippen LogP) is 3.39. The molecule has 0 fully saturated rings. The summed E-state index contributed by atoms with van der Waals surface area (Å²) in [4.78, 5) is 22.8. The average molecular weight is 319 g/mol. The number of amides is 1. The molecular formula is C14H16F3NO4. The first-order valence-electron chi connectivity index (χ1n) is 6.35. The smallest absolute Gasteiger partial charge is 0.421 e. The second-order valence-corrected chi connectivity index (χ2v) is 5.28. The third kappa shape index (κ3) is 3.56. The van der Waals surface area contributed by atoms with Crippen molar-refractivity contribution in [1.29, 1.82) is 0 Å². The summed E-state index contributed by atoms with van der Waals surface area (Å²) >= 11 is 0. The maximum Gasteiger partial charge on any atom is 0.421 e. The van der Waals surface area contributed by atoms with Crippen LogP contribution in [0.1, 0.15) is 36.7 Å². The van der Waals surface area contributed by atoms with E-state index in [2.05, 4.69) is 0 Å². The van der Waals surface area contributed by atoms with Crippen molar-refractivity contribution >= 4 is 17.6 Å². The van der Waals surface area contributed by atoms with Crippen molar-refractivity contribution in [2.75, 3.05) is 5.32 Å². The number of halogens is 3. The number of carboxylic acid groups (broad SMARTS) is 1. The number of carbonyl (C=O) groups is 2. The Morgan fingerprint density at radius 3 is 2.18 bits per heavy atom. The summed E-state index contributed by atoms with van der Waals surface area (Å²) < 4.78 is 38.6. The van der Waals surface area contributed by atoms with E-state index in [-0.39, 0.29) is 11.3 Å². The minimum Gasteiger partial charge on any atom is -0.465 e. The number of benzene rings is 1. The normalized spacial score (nSPS) is 14.5. The van der Waals surface area contributed by atoms with Crippen molar-refractivity contribution in [3.8, 4) is 0 Å². The molecule has 1 aromatic carbocycles. The van der Waals surface area contributed by atoms with Crippen LogP contribution in [0.3, 0.4) is 0 Å². The molecule has 122 valence electrons. The highest BCUT2D eigenvalue weighted by Gasteiger charge is 2.51. The van der Waals surface area contributed by atoms with Gasteiger partial charge in [0.2, 0.25) is 0 Å². The zero-order valence-electron chi connectivity index (χ0n) is 12.2. The van der Waals surface area contributed by atoms with Crippen LogP contribution < -0.4 is 5.32 Å². The van der Waals surface area contributed by atoms with Gasteiger partial charge in [-0.05, 0) is 24.6 Å². The van der Waals surface area contributed by atoms with Gasteiger partial charge in [0.25, 0.3) is 0 Å². The molecule has 0 bridgehead atoms. The van der Waals surface area contributed by atoms with Crippen LogP contribution in [0.15, 0.2) is 18.2 Å². The minimum absolute atomic E-state index is 0.132. The standard InChI is InChI=1S/C14H16F3NO4/c1-7(2)11(19)9-6-8(13(3,22)14(15,16)17)4-5-10(9)18-12(20)21/h4-7,18,22H,1-3H3,(H,20,21)/t13-/m1/s1. The molecule has 0 aromatic heterocycles. The summed E-state index contributed by atoms with van der Waals surface area (Å²) in [6, 6.07) is 2.82. The first-order chi connectivity index (χ1) is 9.87. The fourth-order valence-corrected chi connectivity index (χ4v) is 1.75. The molecule has 0 aliphatic rings. The molecule has 0 heterocycles. The lowest BCUT2D eigenvalue weighted by atomic mass is 9.90. The highest BCUT2D eigenvalue weighted by molar-refractivity contribution is 6.04. The third-order valence-corrected chi connectivity index (χ3v) is 3.17. The summed E-state index contributed by atoms with van der Waals surface area (Å²) in [5.41, 5.74) is -4.05. The molecule has 3 N–H and O–H groups in total. The van der Waals surface area contributed by atoms with E-state index in [0.29, 0.717) is 6.92 Å². The van der Waals surface area contributed by atoms with Crippen LogP contribution in [0.25, 0.3) is 0 Å². The lowest BCUT2D eigenvalue weighted by molar-refractivity contribution is -0.258. The molecule has 0 unspecified atom stereocenters. The van der Waals surface area contributed by atoms with Gasteiger partial charge in [-0.15, -0.1) is 0 Å². The number of Topliss-reactive ketones (excluding diaryl/α,β-unsaturated/α-hetero) is 1. The molecule has 0 spiro atoms. The van der Waals surface area contributed by atoms with Crippen molar-refractivity contribution in [3.63, 3.8) is 0 Å². The maximum absolute atomic E-state index is 12.9. The lowest BCUT2D eigenvalue weighted by Crippen LogP contribution is -2.39. The fraction of sp³-hybridized carbons (Fsp3) is 0.429. The van der Waals surface area contributed by atoms with Gasteiger partial charge in [-0.25, -0.2) is 4.79 Å². The topological polar surface area (TPSA) is 86.6 Å². The van der Waals surface area contributed by atoms with Gasteiger partial charge in [-0.2, -0.15) is 13.2 Å². The summed E-state index contributed by atoms with van der Waals surface area (Å²) in [7, 11) is 0. The number of alkyl halides is 3. The van der Waals surface area contributed by atoms with Crippen molar-refractivity contribution < 1.29 is 33.0 Å². The Kier molecular flexibility index (Phi) is 4.86. The summed E-state index contributed by atoms with van der Waals surface area (Å²) in [5.74, 6) is -1.09. The summed E-state index contributed by atoms with van der Waals surface area (Å²) in [6.07, 6.45) is -6.39. The number of hydrogen-bond donors (Lipinski definition) is 3. The average Bonchev–Trinajstić information content (AvgIpc) is 2.35. The quantitative estimate of drug-likeness (QED) is 0.743. The monoisotopic (exact) mass is 319 g/mol. The van der Waals surface area contributed by atoms with Crippen molar-refractivity contribution in [2.24, 2.45) is 5.92 Å². The first kappa shape index (κ1) is 18.0. The van der Waals surface area contributed by atoms with Gasteiger partial charge in [0.05, 0.1) is 5.69 Å². The zero-order valence-corrected chi connectivity index (χ0v) is 12.2. The van der Waals surface area contributed by atoms with Crippen molar-refractivity contribution in [3.05, 3.63) is 29.3 Å². The number of ketones is 1. The molecule has 22 heavy (non-hydrogen) atoms. The van der Waals surface area contributed by atoms with E-state index in [9.17, 15) is 27.9 Å². The predicted molar refractivity (Wildman–Crippen MR) is 72.9 cm³/mol. The van der Waals surface area contributed by atoms with Crippen LogP contribution in [0, 0.1) is 5.92 Å². The van der Waals surface area contributed by atoms with Crippen LogP contribution >= 0.6 is 0 Å². The number of hydrogen-bond acceptors (Lipinski definition) is 3. The number of nitrogens with one attached hydrogen (secondary N) is 1. The molecule has 1 amide bonds. The van der Waals surface area contributed by atoms with Gasteiger partial charge < -0.3 is 10.2 Å². The number of anilines is 1. The van der Waals surface area contributed by atoms with E-state index in [4.69, 9.17) is 5.11 Å². The van der Waals surface area contributed by atoms with Gasteiger partial charge >= 0.3 is 12.3 Å². The van der Waals surface area contributed by atoms with Gasteiger partial charge in [-0.1, -0.05) is 19.9 Å². The Balaban J connectivity index is 3.46. The summed E-state index contributed by atoms with van der Waals surface area (Å²) in [5, 5.41) is 20.3. The second kappa shape index (κ2) is 5.96. The first-order valence-corrected chi connectivity index (χ1v) is 6.35. The third-order valence-electron chi connectivity index (χ3n) is 3.17. The second-order valence-electron chi connectivity index (χ2n) is 5.28. The van der Waals surface area contributed by atoms with Crippen LogP contribution in [-0.4, -0.2) is 28.3 Å². The number of carbonyl (C=O) groups excluding carboxylic acids is 1. The lowest BCUT2D eigenvalue weighted by Gasteiger charge is -2.27. The molecule has 0 aliphatic heterocycles. The number of aliphatic hydroxyl groups is 1.